The summed E-state index contributed by atoms with van der Waals surface area (Å²) in [4.78, 5) is 31.1. The number of nitrogens with one attached hydrogen (secondary N) is 3. The van der Waals surface area contributed by atoms with Crippen LogP contribution in [0.2, 0.25) is 0 Å². The standard InChI is InChI=1S/C16H17N7O/c1-11-10-14(24)23-16(21-11)20-9-8-19-15-18-7-5-13(22-15)12-4-2-3-6-17-12/h2-7,10H,8-9H2,1H3,(H,18,19,22)(H2,20,21,23,24). The SMILES string of the molecule is Cc1cc(=O)[nH]c(NCCNc2nccc(-c3ccccn3)n2)n1. The third-order valence-corrected chi connectivity index (χ3v) is 3.15. The lowest BCUT2D eigenvalue weighted by Crippen LogP contribution is -2.19. The highest BCUT2D eigenvalue weighted by Gasteiger charge is 2.03. The van der Waals surface area contributed by atoms with Gasteiger partial charge in [-0.05, 0) is 25.1 Å². The van der Waals surface area contributed by atoms with Crippen molar-refractivity contribution in [1.29, 1.82) is 0 Å². The fourth-order valence-electron chi connectivity index (χ4n) is 2.12. The molecule has 0 aliphatic rings. The van der Waals surface area contributed by atoms with E-state index in [-0.39, 0.29) is 5.56 Å². The number of aromatic amines is 1. The van der Waals surface area contributed by atoms with Crippen molar-refractivity contribution in [2.75, 3.05) is 23.7 Å². The highest BCUT2D eigenvalue weighted by atomic mass is 16.1. The summed E-state index contributed by atoms with van der Waals surface area (Å²) in [5, 5.41) is 6.17. The smallest absolute Gasteiger partial charge is 0.252 e. The van der Waals surface area contributed by atoms with Crippen molar-refractivity contribution in [3.8, 4) is 11.4 Å². The summed E-state index contributed by atoms with van der Waals surface area (Å²) in [5.41, 5.74) is 2.04. The van der Waals surface area contributed by atoms with Crippen molar-refractivity contribution >= 4 is 11.9 Å². The Morgan fingerprint density at radius 2 is 1.88 bits per heavy atom. The second kappa shape index (κ2) is 7.32. The van der Waals surface area contributed by atoms with Crippen LogP contribution < -0.4 is 16.2 Å². The fraction of sp³-hybridized carbons (Fsp3) is 0.188. The monoisotopic (exact) mass is 323 g/mol. The van der Waals surface area contributed by atoms with Gasteiger partial charge >= 0.3 is 0 Å². The normalized spacial score (nSPS) is 10.4. The first kappa shape index (κ1) is 15.6. The van der Waals surface area contributed by atoms with Crippen LogP contribution in [-0.4, -0.2) is 38.0 Å². The van der Waals surface area contributed by atoms with Gasteiger partial charge in [0.05, 0.1) is 11.4 Å². The zero-order valence-electron chi connectivity index (χ0n) is 13.2. The van der Waals surface area contributed by atoms with Crippen LogP contribution in [0.1, 0.15) is 5.69 Å². The summed E-state index contributed by atoms with van der Waals surface area (Å²) in [6.07, 6.45) is 3.41. The van der Waals surface area contributed by atoms with Crippen molar-refractivity contribution in [1.82, 2.24) is 24.9 Å². The molecule has 8 nitrogen and oxygen atoms in total. The maximum Gasteiger partial charge on any atom is 0.252 e. The molecular formula is C16H17N7O. The lowest BCUT2D eigenvalue weighted by atomic mass is 10.3. The number of hydrogen-bond acceptors (Lipinski definition) is 7. The van der Waals surface area contributed by atoms with Crippen molar-refractivity contribution < 1.29 is 0 Å². The maximum atomic E-state index is 11.4. The molecule has 0 unspecified atom stereocenters. The van der Waals surface area contributed by atoms with Gasteiger partial charge in [-0.15, -0.1) is 0 Å². The zero-order chi connectivity index (χ0) is 16.8. The predicted molar refractivity (Wildman–Crippen MR) is 91.8 cm³/mol. The van der Waals surface area contributed by atoms with Crippen LogP contribution >= 0.6 is 0 Å². The number of rotatable bonds is 6. The van der Waals surface area contributed by atoms with Crippen LogP contribution in [-0.2, 0) is 0 Å². The van der Waals surface area contributed by atoms with Crippen LogP contribution in [0.3, 0.4) is 0 Å². The van der Waals surface area contributed by atoms with Gasteiger partial charge in [0, 0.05) is 37.2 Å². The van der Waals surface area contributed by atoms with E-state index in [9.17, 15) is 4.79 Å². The molecule has 3 aromatic heterocycles. The number of H-pyrrole nitrogens is 1. The molecule has 0 amide bonds. The Bertz CT molecular complexity index is 864. The molecule has 0 spiro atoms. The van der Waals surface area contributed by atoms with E-state index >= 15 is 0 Å². The first-order chi connectivity index (χ1) is 11.7. The van der Waals surface area contributed by atoms with E-state index in [0.717, 1.165) is 11.4 Å². The second-order valence-electron chi connectivity index (χ2n) is 5.07. The van der Waals surface area contributed by atoms with Gasteiger partial charge in [-0.2, -0.15) is 0 Å². The summed E-state index contributed by atoms with van der Waals surface area (Å²) < 4.78 is 0. The van der Waals surface area contributed by atoms with Crippen molar-refractivity contribution in [2.45, 2.75) is 6.92 Å². The summed E-state index contributed by atoms with van der Waals surface area (Å²) in [6, 6.07) is 8.93. The number of hydrogen-bond donors (Lipinski definition) is 3. The van der Waals surface area contributed by atoms with E-state index in [4.69, 9.17) is 0 Å². The minimum Gasteiger partial charge on any atom is -0.354 e. The highest BCUT2D eigenvalue weighted by Crippen LogP contribution is 2.13. The molecule has 0 saturated heterocycles. The predicted octanol–water partition coefficient (Wildman–Crippen LogP) is 1.45. The van der Waals surface area contributed by atoms with E-state index in [1.807, 2.05) is 24.3 Å². The molecule has 3 aromatic rings. The number of anilines is 2. The number of pyridine rings is 1. The van der Waals surface area contributed by atoms with Crippen LogP contribution in [0.4, 0.5) is 11.9 Å². The molecule has 3 heterocycles. The van der Waals surface area contributed by atoms with Gasteiger partial charge in [0.25, 0.3) is 5.56 Å². The van der Waals surface area contributed by atoms with E-state index in [1.165, 1.54) is 6.07 Å². The largest absolute Gasteiger partial charge is 0.354 e. The topological polar surface area (TPSA) is 108 Å². The molecule has 0 atom stereocenters. The van der Waals surface area contributed by atoms with Crippen LogP contribution in [0.25, 0.3) is 11.4 Å². The van der Waals surface area contributed by atoms with Gasteiger partial charge in [0.2, 0.25) is 11.9 Å². The molecule has 0 saturated carbocycles. The maximum absolute atomic E-state index is 11.4. The van der Waals surface area contributed by atoms with Gasteiger partial charge in [0.15, 0.2) is 0 Å². The Labute approximate surface area is 138 Å². The molecule has 8 heteroatoms. The minimum atomic E-state index is -0.177. The quantitative estimate of drug-likeness (QED) is 0.589. The van der Waals surface area contributed by atoms with Gasteiger partial charge in [-0.25, -0.2) is 15.0 Å². The lowest BCUT2D eigenvalue weighted by Gasteiger charge is -2.08. The molecule has 122 valence electrons. The Morgan fingerprint density at radius 1 is 1.00 bits per heavy atom. The van der Waals surface area contributed by atoms with Gasteiger partial charge < -0.3 is 10.6 Å². The molecule has 0 aromatic carbocycles. The summed E-state index contributed by atoms with van der Waals surface area (Å²) >= 11 is 0. The number of aromatic nitrogens is 5. The van der Waals surface area contributed by atoms with E-state index < -0.39 is 0 Å². The van der Waals surface area contributed by atoms with E-state index in [2.05, 4.69) is 35.6 Å². The summed E-state index contributed by atoms with van der Waals surface area (Å²) in [6.45, 7) is 2.91. The van der Waals surface area contributed by atoms with Gasteiger partial charge in [-0.1, -0.05) is 6.07 Å². The number of aryl methyl sites for hydroxylation is 1. The molecule has 0 aliphatic carbocycles. The molecule has 24 heavy (non-hydrogen) atoms. The minimum absolute atomic E-state index is 0.177. The van der Waals surface area contributed by atoms with Crippen LogP contribution in [0.15, 0.2) is 47.5 Å². The first-order valence-electron chi connectivity index (χ1n) is 7.51. The highest BCUT2D eigenvalue weighted by molar-refractivity contribution is 5.54. The zero-order valence-corrected chi connectivity index (χ0v) is 13.2. The van der Waals surface area contributed by atoms with Crippen LogP contribution in [0, 0.1) is 6.92 Å². The van der Waals surface area contributed by atoms with Crippen molar-refractivity contribution in [2.24, 2.45) is 0 Å². The average molecular weight is 323 g/mol. The Hall–Kier alpha value is -3.29. The summed E-state index contributed by atoms with van der Waals surface area (Å²) in [7, 11) is 0. The molecule has 0 bridgehead atoms. The van der Waals surface area contributed by atoms with Crippen molar-refractivity contribution in [3.63, 3.8) is 0 Å². The fourth-order valence-corrected chi connectivity index (χ4v) is 2.12. The molecular weight excluding hydrogens is 306 g/mol. The molecule has 3 rings (SSSR count). The Kier molecular flexibility index (Phi) is 4.76. The lowest BCUT2D eigenvalue weighted by molar-refractivity contribution is 0.979. The average Bonchev–Trinajstić information content (AvgIpc) is 2.59. The van der Waals surface area contributed by atoms with Crippen molar-refractivity contribution in [3.05, 3.63) is 58.8 Å². The van der Waals surface area contributed by atoms with E-state index in [0.29, 0.717) is 30.7 Å². The Balaban J connectivity index is 1.56. The second-order valence-corrected chi connectivity index (χ2v) is 5.07. The van der Waals surface area contributed by atoms with Crippen LogP contribution in [0.5, 0.6) is 0 Å². The molecule has 3 N–H and O–H groups in total. The number of nitrogens with zero attached hydrogens (tertiary/aromatic N) is 4. The molecule has 0 fully saturated rings. The molecule has 0 aliphatic heterocycles. The first-order valence-corrected chi connectivity index (χ1v) is 7.51. The molecule has 0 radical (unpaired) electrons. The van der Waals surface area contributed by atoms with Gasteiger partial charge in [-0.3, -0.25) is 14.8 Å². The van der Waals surface area contributed by atoms with E-state index in [1.54, 1.807) is 19.3 Å². The van der Waals surface area contributed by atoms with Gasteiger partial charge in [0.1, 0.15) is 0 Å². The third-order valence-electron chi connectivity index (χ3n) is 3.15. The third kappa shape index (κ3) is 4.13. The summed E-state index contributed by atoms with van der Waals surface area (Å²) in [5.74, 6) is 0.968. The Morgan fingerprint density at radius 3 is 2.67 bits per heavy atom.